The van der Waals surface area contributed by atoms with Gasteiger partial charge >= 0.3 is 0 Å². The Morgan fingerprint density at radius 2 is 1.82 bits per heavy atom. The van der Waals surface area contributed by atoms with Crippen molar-refractivity contribution in [3.8, 4) is 5.75 Å². The van der Waals surface area contributed by atoms with Crippen LogP contribution >= 0.6 is 25.0 Å². The molecule has 1 saturated carbocycles. The van der Waals surface area contributed by atoms with Gasteiger partial charge < -0.3 is 4.74 Å². The summed E-state index contributed by atoms with van der Waals surface area (Å²) in [5.74, 6) is 0.218. The minimum Gasteiger partial charge on any atom is -0.496 e. The third kappa shape index (κ3) is 6.42. The van der Waals surface area contributed by atoms with Crippen LogP contribution in [-0.2, 0) is 15.8 Å². The molecule has 2 fully saturated rings. The van der Waals surface area contributed by atoms with Crippen molar-refractivity contribution in [2.24, 2.45) is 0 Å². The molecule has 10 heteroatoms. The number of ether oxygens (including phenoxy) is 1. The Hall–Kier alpha value is -0.870. The van der Waals surface area contributed by atoms with Crippen LogP contribution in [0.15, 0.2) is 12.1 Å². The van der Waals surface area contributed by atoms with Crippen LogP contribution in [0.2, 0.25) is 0 Å². The Bertz CT molecular complexity index is 890. The second-order valence-electron chi connectivity index (χ2n) is 8.86. The zero-order chi connectivity index (χ0) is 23.4. The van der Waals surface area contributed by atoms with E-state index in [9.17, 15) is 17.6 Å². The number of halogens is 2. The highest BCUT2D eigenvalue weighted by atomic mass is 35.5. The van der Waals surface area contributed by atoms with Gasteiger partial charge in [0.25, 0.3) is 0 Å². The van der Waals surface area contributed by atoms with E-state index in [0.717, 1.165) is 25.7 Å². The number of hydrogen-bond acceptors (Lipinski definition) is 6. The third-order valence-corrected chi connectivity index (χ3v) is 9.35. The molecule has 33 heavy (non-hydrogen) atoms. The number of piperazine rings is 1. The molecule has 2 aliphatic rings. The van der Waals surface area contributed by atoms with Crippen LogP contribution < -0.4 is 4.74 Å². The standard InChI is InChI=1S/C23H35FN2O4S2.ClH/c1-3-14-32(28,29)26-12-10-25(11-13-26)23(7-4-5-8-23)9-6-20(27)22-18(17-31)15-19(24)16-21(22)30-2;/h15-16,31H,3-14,17H2,1-2H3;1H. The lowest BCUT2D eigenvalue weighted by Crippen LogP contribution is -2.57. The number of thiol groups is 1. The summed E-state index contributed by atoms with van der Waals surface area (Å²) in [5, 5.41) is 0. The molecular formula is C23H36ClFN2O4S2. The highest BCUT2D eigenvalue weighted by Gasteiger charge is 2.42. The monoisotopic (exact) mass is 522 g/mol. The number of rotatable bonds is 10. The van der Waals surface area contributed by atoms with E-state index in [1.807, 2.05) is 6.92 Å². The molecule has 1 heterocycles. The number of nitrogens with zero attached hydrogens (tertiary/aromatic N) is 2. The zero-order valence-corrected chi connectivity index (χ0v) is 22.0. The zero-order valence-electron chi connectivity index (χ0n) is 19.5. The van der Waals surface area contributed by atoms with Crippen molar-refractivity contribution in [2.75, 3.05) is 39.0 Å². The predicted octanol–water partition coefficient (Wildman–Crippen LogP) is 4.32. The van der Waals surface area contributed by atoms with Crippen molar-refractivity contribution in [3.05, 3.63) is 29.1 Å². The maximum atomic E-state index is 13.9. The Balaban J connectivity index is 0.00000385. The van der Waals surface area contributed by atoms with Crippen LogP contribution in [0, 0.1) is 5.82 Å². The lowest BCUT2D eigenvalue weighted by atomic mass is 9.86. The molecule has 1 aromatic rings. The molecule has 1 aromatic carbocycles. The van der Waals surface area contributed by atoms with Gasteiger partial charge in [0, 0.05) is 50.0 Å². The molecule has 0 radical (unpaired) electrons. The van der Waals surface area contributed by atoms with Gasteiger partial charge in [-0.3, -0.25) is 9.69 Å². The molecule has 1 saturated heterocycles. The lowest BCUT2D eigenvalue weighted by Gasteiger charge is -2.46. The normalized spacial score (nSPS) is 19.3. The largest absolute Gasteiger partial charge is 0.496 e. The molecule has 0 amide bonds. The maximum absolute atomic E-state index is 13.9. The first kappa shape index (κ1) is 28.4. The van der Waals surface area contributed by atoms with Gasteiger partial charge in [-0.05, 0) is 37.3 Å². The number of hydrogen-bond donors (Lipinski definition) is 1. The fraction of sp³-hybridized carbons (Fsp3) is 0.696. The average molecular weight is 523 g/mol. The molecule has 0 unspecified atom stereocenters. The van der Waals surface area contributed by atoms with E-state index >= 15 is 0 Å². The number of carbonyl (C=O) groups is 1. The first-order valence-corrected chi connectivity index (χ1v) is 13.7. The fourth-order valence-corrected chi connectivity index (χ4v) is 7.04. The number of ketones is 1. The molecule has 1 aliphatic heterocycles. The number of sulfonamides is 1. The van der Waals surface area contributed by atoms with Crippen LogP contribution in [0.1, 0.15) is 67.8 Å². The maximum Gasteiger partial charge on any atom is 0.214 e. The summed E-state index contributed by atoms with van der Waals surface area (Å²) in [7, 11) is -1.74. The van der Waals surface area contributed by atoms with Gasteiger partial charge in [-0.15, -0.1) is 12.4 Å². The molecule has 188 valence electrons. The number of methoxy groups -OCH3 is 1. The summed E-state index contributed by atoms with van der Waals surface area (Å²) in [5.41, 5.74) is 0.892. The molecule has 3 rings (SSSR count). The summed E-state index contributed by atoms with van der Waals surface area (Å²) in [4.78, 5) is 15.6. The van der Waals surface area contributed by atoms with E-state index in [0.29, 0.717) is 56.6 Å². The fourth-order valence-electron chi connectivity index (χ4n) is 5.29. The number of carbonyl (C=O) groups excluding carboxylic acids is 1. The predicted molar refractivity (Wildman–Crippen MR) is 135 cm³/mol. The number of Topliss-reactive ketones (excluding diaryl/α,β-unsaturated/α-hetero) is 1. The quantitative estimate of drug-likeness (QED) is 0.366. The molecule has 0 bridgehead atoms. The van der Waals surface area contributed by atoms with Crippen molar-refractivity contribution in [3.63, 3.8) is 0 Å². The van der Waals surface area contributed by atoms with E-state index in [2.05, 4.69) is 17.5 Å². The molecule has 6 nitrogen and oxygen atoms in total. The Morgan fingerprint density at radius 3 is 2.36 bits per heavy atom. The smallest absolute Gasteiger partial charge is 0.214 e. The van der Waals surface area contributed by atoms with Gasteiger partial charge in [-0.2, -0.15) is 16.9 Å². The van der Waals surface area contributed by atoms with Crippen LogP contribution in [-0.4, -0.2) is 68.0 Å². The van der Waals surface area contributed by atoms with Gasteiger partial charge in [0.1, 0.15) is 11.6 Å². The first-order chi connectivity index (χ1) is 15.3. The Kier molecular flexibility index (Phi) is 10.5. The van der Waals surface area contributed by atoms with Crippen molar-refractivity contribution < 1.29 is 22.3 Å². The SMILES string of the molecule is CCCS(=O)(=O)N1CCN(C2(CCC(=O)c3c(CS)cc(F)cc3OC)CCCC2)CC1.Cl. The van der Waals surface area contributed by atoms with E-state index in [1.165, 1.54) is 19.2 Å². The first-order valence-electron chi connectivity index (χ1n) is 11.5. The summed E-state index contributed by atoms with van der Waals surface area (Å²) in [6.45, 7) is 4.28. The van der Waals surface area contributed by atoms with Gasteiger partial charge in [0.15, 0.2) is 5.78 Å². The summed E-state index contributed by atoms with van der Waals surface area (Å²) in [6, 6.07) is 2.60. The number of benzene rings is 1. The summed E-state index contributed by atoms with van der Waals surface area (Å²) < 4.78 is 45.6. The van der Waals surface area contributed by atoms with Crippen LogP contribution in [0.5, 0.6) is 5.75 Å². The molecular weight excluding hydrogens is 487 g/mol. The van der Waals surface area contributed by atoms with Gasteiger partial charge in [0.2, 0.25) is 10.0 Å². The Morgan fingerprint density at radius 1 is 1.18 bits per heavy atom. The van der Waals surface area contributed by atoms with E-state index in [1.54, 1.807) is 4.31 Å². The second-order valence-corrected chi connectivity index (χ2v) is 11.3. The minimum atomic E-state index is -3.18. The topological polar surface area (TPSA) is 66.9 Å². The molecule has 0 spiro atoms. The highest BCUT2D eigenvalue weighted by Crippen LogP contribution is 2.40. The van der Waals surface area contributed by atoms with Gasteiger partial charge in [-0.25, -0.2) is 12.8 Å². The summed E-state index contributed by atoms with van der Waals surface area (Å²) in [6.07, 6.45) is 5.94. The Labute approximate surface area is 209 Å². The lowest BCUT2D eigenvalue weighted by molar-refractivity contribution is 0.0476. The van der Waals surface area contributed by atoms with Gasteiger partial charge in [0.05, 0.1) is 18.4 Å². The van der Waals surface area contributed by atoms with Crippen LogP contribution in [0.3, 0.4) is 0 Å². The van der Waals surface area contributed by atoms with E-state index in [-0.39, 0.29) is 41.0 Å². The van der Waals surface area contributed by atoms with Gasteiger partial charge in [-0.1, -0.05) is 19.8 Å². The van der Waals surface area contributed by atoms with Crippen molar-refractivity contribution in [2.45, 2.75) is 63.2 Å². The highest BCUT2D eigenvalue weighted by molar-refractivity contribution is 7.89. The average Bonchev–Trinajstić information content (AvgIpc) is 3.27. The molecule has 1 aliphatic carbocycles. The van der Waals surface area contributed by atoms with E-state index in [4.69, 9.17) is 4.74 Å². The van der Waals surface area contributed by atoms with E-state index < -0.39 is 15.8 Å². The molecule has 0 N–H and O–H groups in total. The summed E-state index contributed by atoms with van der Waals surface area (Å²) >= 11 is 4.27. The van der Waals surface area contributed by atoms with Crippen molar-refractivity contribution >= 4 is 40.8 Å². The molecule has 0 atom stereocenters. The van der Waals surface area contributed by atoms with Crippen molar-refractivity contribution in [1.29, 1.82) is 0 Å². The molecule has 0 aromatic heterocycles. The van der Waals surface area contributed by atoms with Crippen molar-refractivity contribution in [1.82, 2.24) is 9.21 Å². The van der Waals surface area contributed by atoms with Crippen LogP contribution in [0.25, 0.3) is 0 Å². The minimum absolute atomic E-state index is 0. The third-order valence-electron chi connectivity index (χ3n) is 6.93. The second kappa shape index (κ2) is 12.2. The van der Waals surface area contributed by atoms with Crippen LogP contribution in [0.4, 0.5) is 4.39 Å².